The number of halogens is 3. The van der Waals surface area contributed by atoms with Gasteiger partial charge in [0.1, 0.15) is 6.54 Å². The molecule has 0 saturated heterocycles. The van der Waals surface area contributed by atoms with Gasteiger partial charge >= 0.3 is 6.18 Å². The third kappa shape index (κ3) is 3.66. The molecular weight excluding hydrogens is 291 g/mol. The summed E-state index contributed by atoms with van der Waals surface area (Å²) in [4.78, 5) is 15.6. The van der Waals surface area contributed by atoms with E-state index >= 15 is 0 Å². The summed E-state index contributed by atoms with van der Waals surface area (Å²) in [5, 5.41) is 2.42. The Hall–Kier alpha value is -1.70. The molecule has 0 atom stereocenters. The zero-order chi connectivity index (χ0) is 14.8. The molecule has 108 valence electrons. The normalized spacial score (nSPS) is 11.8. The number of benzene rings is 1. The predicted octanol–water partition coefficient (Wildman–Crippen LogP) is 2.34. The van der Waals surface area contributed by atoms with Gasteiger partial charge in [0.15, 0.2) is 5.16 Å². The fraction of sp³-hybridized carbons (Fsp3) is 0.333. The first-order chi connectivity index (χ1) is 9.37. The number of carbonyl (C=O) groups excluding carboxylic acids is 1. The van der Waals surface area contributed by atoms with Crippen LogP contribution >= 0.6 is 11.8 Å². The van der Waals surface area contributed by atoms with Crippen LogP contribution in [0.5, 0.6) is 0 Å². The van der Waals surface area contributed by atoms with Gasteiger partial charge in [-0.25, -0.2) is 4.98 Å². The fourth-order valence-electron chi connectivity index (χ4n) is 1.63. The van der Waals surface area contributed by atoms with Gasteiger partial charge in [0.2, 0.25) is 5.91 Å². The van der Waals surface area contributed by atoms with Gasteiger partial charge in [-0.15, -0.1) is 0 Å². The van der Waals surface area contributed by atoms with Crippen molar-refractivity contribution >= 4 is 28.7 Å². The summed E-state index contributed by atoms with van der Waals surface area (Å²) in [6.45, 7) is -1.31. The molecule has 20 heavy (non-hydrogen) atoms. The molecule has 0 saturated carbocycles. The van der Waals surface area contributed by atoms with Crippen LogP contribution in [0.15, 0.2) is 29.4 Å². The molecule has 1 heterocycles. The van der Waals surface area contributed by atoms with Crippen molar-refractivity contribution in [2.75, 3.05) is 12.3 Å². The number of thioether (sulfide) groups is 1. The maximum Gasteiger partial charge on any atom is 0.405 e. The van der Waals surface area contributed by atoms with Crippen LogP contribution in [0, 0.1) is 0 Å². The van der Waals surface area contributed by atoms with Gasteiger partial charge in [0.25, 0.3) is 0 Å². The van der Waals surface area contributed by atoms with Crippen LogP contribution in [0.2, 0.25) is 0 Å². The molecule has 0 radical (unpaired) electrons. The highest BCUT2D eigenvalue weighted by atomic mass is 32.2. The third-order valence-electron chi connectivity index (χ3n) is 2.56. The monoisotopic (exact) mass is 303 g/mol. The fourth-order valence-corrected chi connectivity index (χ4v) is 2.45. The highest BCUT2D eigenvalue weighted by Gasteiger charge is 2.27. The Morgan fingerprint density at radius 2 is 2.10 bits per heavy atom. The summed E-state index contributed by atoms with van der Waals surface area (Å²) in [6.07, 6.45) is -4.39. The molecule has 1 aromatic carbocycles. The summed E-state index contributed by atoms with van der Waals surface area (Å²) in [7, 11) is 1.80. The Morgan fingerprint density at radius 1 is 1.40 bits per heavy atom. The Balaban J connectivity index is 1.96. The summed E-state index contributed by atoms with van der Waals surface area (Å²) in [6, 6.07) is 7.44. The van der Waals surface area contributed by atoms with Crippen molar-refractivity contribution in [1.82, 2.24) is 14.9 Å². The topological polar surface area (TPSA) is 46.9 Å². The molecule has 0 fully saturated rings. The number of nitrogens with zero attached hydrogens (tertiary/aromatic N) is 2. The van der Waals surface area contributed by atoms with E-state index in [1.165, 1.54) is 0 Å². The standard InChI is InChI=1S/C12H12F3N3OS/c1-18-9-5-3-2-4-8(9)17-11(18)20-6-10(19)16-7-12(13,14)15/h2-5H,6-7H2,1H3,(H,16,19). The first-order valence-corrected chi connectivity index (χ1v) is 6.73. The Bertz CT molecular complexity index is 624. The number of fused-ring (bicyclic) bond motifs is 1. The molecule has 1 amide bonds. The summed E-state index contributed by atoms with van der Waals surface area (Å²) in [5.74, 6) is -0.771. The predicted molar refractivity (Wildman–Crippen MR) is 70.5 cm³/mol. The quantitative estimate of drug-likeness (QED) is 0.882. The van der Waals surface area contributed by atoms with Crippen molar-refractivity contribution in [3.63, 3.8) is 0 Å². The van der Waals surface area contributed by atoms with Crippen molar-refractivity contribution in [2.45, 2.75) is 11.3 Å². The summed E-state index contributed by atoms with van der Waals surface area (Å²) >= 11 is 1.10. The number of alkyl halides is 3. The molecule has 2 rings (SSSR count). The first-order valence-electron chi connectivity index (χ1n) is 5.74. The van der Waals surface area contributed by atoms with Crippen LogP contribution in [-0.4, -0.2) is 33.9 Å². The second kappa shape index (κ2) is 5.74. The number of aromatic nitrogens is 2. The lowest BCUT2D eigenvalue weighted by Crippen LogP contribution is -2.34. The SMILES string of the molecule is Cn1c(SCC(=O)NCC(F)(F)F)nc2ccccc21. The zero-order valence-corrected chi connectivity index (χ0v) is 11.4. The number of aryl methyl sites for hydroxylation is 1. The molecule has 1 N–H and O–H groups in total. The van der Waals surface area contributed by atoms with Crippen LogP contribution in [0.1, 0.15) is 0 Å². The van der Waals surface area contributed by atoms with E-state index in [-0.39, 0.29) is 5.75 Å². The number of para-hydroxylation sites is 2. The lowest BCUT2D eigenvalue weighted by molar-refractivity contribution is -0.136. The van der Waals surface area contributed by atoms with E-state index < -0.39 is 18.6 Å². The minimum Gasteiger partial charge on any atom is -0.346 e. The summed E-state index contributed by atoms with van der Waals surface area (Å²) in [5.41, 5.74) is 1.69. The highest BCUT2D eigenvalue weighted by molar-refractivity contribution is 7.99. The largest absolute Gasteiger partial charge is 0.405 e. The number of hydrogen-bond acceptors (Lipinski definition) is 3. The molecule has 0 bridgehead atoms. The van der Waals surface area contributed by atoms with E-state index in [0.29, 0.717) is 5.16 Å². The minimum atomic E-state index is -4.39. The third-order valence-corrected chi connectivity index (χ3v) is 3.59. The second-order valence-corrected chi connectivity index (χ2v) is 5.07. The molecule has 0 unspecified atom stereocenters. The minimum absolute atomic E-state index is 0.104. The van der Waals surface area contributed by atoms with Gasteiger partial charge in [-0.05, 0) is 12.1 Å². The van der Waals surface area contributed by atoms with Gasteiger partial charge < -0.3 is 9.88 Å². The number of amides is 1. The van der Waals surface area contributed by atoms with Crippen LogP contribution in [0.25, 0.3) is 11.0 Å². The molecular formula is C12H12F3N3OS. The average molecular weight is 303 g/mol. The summed E-state index contributed by atoms with van der Waals surface area (Å²) < 4.78 is 37.6. The van der Waals surface area contributed by atoms with E-state index in [1.54, 1.807) is 11.6 Å². The van der Waals surface area contributed by atoms with Gasteiger partial charge in [0, 0.05) is 7.05 Å². The smallest absolute Gasteiger partial charge is 0.346 e. The molecule has 8 heteroatoms. The number of hydrogen-bond donors (Lipinski definition) is 1. The van der Waals surface area contributed by atoms with Gasteiger partial charge in [-0.2, -0.15) is 13.2 Å². The van der Waals surface area contributed by atoms with Gasteiger partial charge in [-0.3, -0.25) is 4.79 Å². The molecule has 0 aliphatic rings. The molecule has 1 aromatic heterocycles. The number of nitrogens with one attached hydrogen (secondary N) is 1. The Labute approximate surface area is 117 Å². The molecule has 0 spiro atoms. The first kappa shape index (κ1) is 14.7. The highest BCUT2D eigenvalue weighted by Crippen LogP contribution is 2.22. The van der Waals surface area contributed by atoms with E-state index in [0.717, 1.165) is 22.8 Å². The van der Waals surface area contributed by atoms with Crippen molar-refractivity contribution in [1.29, 1.82) is 0 Å². The second-order valence-electron chi connectivity index (χ2n) is 4.12. The number of carbonyl (C=O) groups is 1. The van der Waals surface area contributed by atoms with Crippen LogP contribution in [0.3, 0.4) is 0 Å². The average Bonchev–Trinajstić information content (AvgIpc) is 2.71. The van der Waals surface area contributed by atoms with Crippen molar-refractivity contribution in [3.05, 3.63) is 24.3 Å². The van der Waals surface area contributed by atoms with Crippen LogP contribution < -0.4 is 5.32 Å². The number of imidazole rings is 1. The van der Waals surface area contributed by atoms with Crippen molar-refractivity contribution in [3.8, 4) is 0 Å². The molecule has 2 aromatic rings. The molecule has 0 aliphatic heterocycles. The Kier molecular flexibility index (Phi) is 4.22. The van der Waals surface area contributed by atoms with Crippen LogP contribution in [-0.2, 0) is 11.8 Å². The van der Waals surface area contributed by atoms with Gasteiger partial charge in [0.05, 0.1) is 16.8 Å². The van der Waals surface area contributed by atoms with Crippen molar-refractivity contribution < 1.29 is 18.0 Å². The Morgan fingerprint density at radius 3 is 2.75 bits per heavy atom. The van der Waals surface area contributed by atoms with E-state index in [1.807, 2.05) is 29.6 Å². The lowest BCUT2D eigenvalue weighted by Gasteiger charge is -2.07. The van der Waals surface area contributed by atoms with E-state index in [4.69, 9.17) is 0 Å². The van der Waals surface area contributed by atoms with Crippen LogP contribution in [0.4, 0.5) is 13.2 Å². The lowest BCUT2D eigenvalue weighted by atomic mass is 10.3. The van der Waals surface area contributed by atoms with E-state index in [2.05, 4.69) is 4.98 Å². The number of rotatable bonds is 4. The molecule has 0 aliphatic carbocycles. The molecule has 4 nitrogen and oxygen atoms in total. The van der Waals surface area contributed by atoms with Crippen molar-refractivity contribution in [2.24, 2.45) is 7.05 Å². The maximum atomic E-state index is 11.9. The zero-order valence-electron chi connectivity index (χ0n) is 10.6. The van der Waals surface area contributed by atoms with Gasteiger partial charge in [-0.1, -0.05) is 23.9 Å². The van der Waals surface area contributed by atoms with E-state index in [9.17, 15) is 18.0 Å². The maximum absolute atomic E-state index is 11.9.